The summed E-state index contributed by atoms with van der Waals surface area (Å²) >= 11 is 3.37. The Morgan fingerprint density at radius 2 is 1.88 bits per heavy atom. The number of nitrogens with one attached hydrogen (secondary N) is 1. The van der Waals surface area contributed by atoms with Gasteiger partial charge in [-0.25, -0.2) is 4.98 Å². The van der Waals surface area contributed by atoms with Crippen LogP contribution in [0.4, 0.5) is 5.69 Å². The SMILES string of the molecule is Cc1nc(CSc2ccc(C(=O)N3CCC(C(=O)Nc4ccc5c(c4)OCO5)CC3)cc2)cs1. The molecule has 7 nitrogen and oxygen atoms in total. The van der Waals surface area contributed by atoms with Crippen molar-refractivity contribution in [3.05, 3.63) is 64.1 Å². The van der Waals surface area contributed by atoms with Crippen molar-refractivity contribution in [2.75, 3.05) is 25.2 Å². The average Bonchev–Trinajstić information content (AvgIpc) is 3.51. The van der Waals surface area contributed by atoms with Gasteiger partial charge in [-0.3, -0.25) is 9.59 Å². The Labute approximate surface area is 206 Å². The number of amides is 2. The molecular formula is C25H25N3O4S2. The predicted molar refractivity (Wildman–Crippen MR) is 133 cm³/mol. The summed E-state index contributed by atoms with van der Waals surface area (Å²) in [4.78, 5) is 33.1. The smallest absolute Gasteiger partial charge is 0.253 e. The van der Waals surface area contributed by atoms with Crippen LogP contribution in [0.15, 0.2) is 52.7 Å². The molecule has 9 heteroatoms. The van der Waals surface area contributed by atoms with Crippen molar-refractivity contribution in [2.24, 2.45) is 5.92 Å². The lowest BCUT2D eigenvalue weighted by Gasteiger charge is -2.31. The van der Waals surface area contributed by atoms with Crippen molar-refractivity contribution in [1.29, 1.82) is 0 Å². The van der Waals surface area contributed by atoms with Crippen LogP contribution in [0.3, 0.4) is 0 Å². The van der Waals surface area contributed by atoms with Gasteiger partial charge in [0.1, 0.15) is 0 Å². The average molecular weight is 496 g/mol. The Balaban J connectivity index is 1.11. The van der Waals surface area contributed by atoms with Crippen molar-refractivity contribution in [3.63, 3.8) is 0 Å². The minimum Gasteiger partial charge on any atom is -0.454 e. The lowest BCUT2D eigenvalue weighted by atomic mass is 9.95. The largest absolute Gasteiger partial charge is 0.454 e. The lowest BCUT2D eigenvalue weighted by Crippen LogP contribution is -2.41. The molecule has 0 spiro atoms. The highest BCUT2D eigenvalue weighted by Crippen LogP contribution is 2.34. The summed E-state index contributed by atoms with van der Waals surface area (Å²) in [5.74, 6) is 2.01. The van der Waals surface area contributed by atoms with Gasteiger partial charge >= 0.3 is 0 Å². The van der Waals surface area contributed by atoms with Gasteiger partial charge in [-0.05, 0) is 56.2 Å². The van der Waals surface area contributed by atoms with Crippen molar-refractivity contribution in [1.82, 2.24) is 9.88 Å². The van der Waals surface area contributed by atoms with Crippen LogP contribution >= 0.6 is 23.1 Å². The second-order valence-corrected chi connectivity index (χ2v) is 10.4. The van der Waals surface area contributed by atoms with Crippen molar-refractivity contribution < 1.29 is 19.1 Å². The highest BCUT2D eigenvalue weighted by molar-refractivity contribution is 7.98. The number of fused-ring (bicyclic) bond motifs is 1. The number of likely N-dealkylation sites (tertiary alicyclic amines) is 1. The van der Waals surface area contributed by atoms with E-state index in [1.807, 2.05) is 42.2 Å². The number of benzene rings is 2. The summed E-state index contributed by atoms with van der Waals surface area (Å²) in [5.41, 5.74) is 2.45. The molecule has 1 N–H and O–H groups in total. The van der Waals surface area contributed by atoms with E-state index in [4.69, 9.17) is 9.47 Å². The molecule has 5 rings (SSSR count). The minimum absolute atomic E-state index is 0.0151. The fraction of sp³-hybridized carbons (Fsp3) is 0.320. The van der Waals surface area contributed by atoms with Crippen molar-refractivity contribution in [2.45, 2.75) is 30.4 Å². The van der Waals surface area contributed by atoms with E-state index in [1.54, 1.807) is 35.2 Å². The number of carbonyl (C=O) groups excluding carboxylic acids is 2. The molecule has 3 aromatic rings. The van der Waals surface area contributed by atoms with E-state index in [9.17, 15) is 9.59 Å². The summed E-state index contributed by atoms with van der Waals surface area (Å²) in [6.45, 7) is 3.34. The molecule has 0 radical (unpaired) electrons. The van der Waals surface area contributed by atoms with Crippen LogP contribution in [0.25, 0.3) is 0 Å². The number of rotatable bonds is 6. The molecule has 2 aliphatic heterocycles. The van der Waals surface area contributed by atoms with E-state index in [1.165, 1.54) is 0 Å². The van der Waals surface area contributed by atoms with Crippen LogP contribution in [0.1, 0.15) is 33.9 Å². The van der Waals surface area contributed by atoms with E-state index >= 15 is 0 Å². The quantitative estimate of drug-likeness (QED) is 0.487. The molecule has 3 heterocycles. The maximum absolute atomic E-state index is 13.0. The third-order valence-corrected chi connectivity index (χ3v) is 7.82. The number of ether oxygens (including phenoxy) is 2. The number of nitrogens with zero attached hydrogens (tertiary/aromatic N) is 2. The lowest BCUT2D eigenvalue weighted by molar-refractivity contribution is -0.121. The first-order chi connectivity index (χ1) is 16.5. The molecule has 2 amide bonds. The first-order valence-electron chi connectivity index (χ1n) is 11.2. The standard InChI is InChI=1S/C25H25N3O4S2/c1-16-26-20(13-33-16)14-34-21-5-2-18(3-6-21)25(30)28-10-8-17(9-11-28)24(29)27-19-4-7-22-23(12-19)32-15-31-22/h2-7,12-13,17H,8-11,14-15H2,1H3,(H,27,29). The number of hydrogen-bond donors (Lipinski definition) is 1. The van der Waals surface area contributed by atoms with Gasteiger partial charge < -0.3 is 19.7 Å². The molecule has 176 valence electrons. The van der Waals surface area contributed by atoms with E-state index in [0.717, 1.165) is 21.3 Å². The van der Waals surface area contributed by atoms with E-state index in [-0.39, 0.29) is 24.5 Å². The molecular weight excluding hydrogens is 470 g/mol. The van der Waals surface area contributed by atoms with Gasteiger partial charge in [-0.2, -0.15) is 0 Å². The first kappa shape index (κ1) is 22.7. The van der Waals surface area contributed by atoms with Crippen LogP contribution in [0, 0.1) is 12.8 Å². The maximum Gasteiger partial charge on any atom is 0.253 e. The molecule has 2 aromatic carbocycles. The number of hydrogen-bond acceptors (Lipinski definition) is 7. The second-order valence-electron chi connectivity index (χ2n) is 8.29. The van der Waals surface area contributed by atoms with E-state index < -0.39 is 0 Å². The predicted octanol–water partition coefficient (Wildman–Crippen LogP) is 4.96. The third kappa shape index (κ3) is 5.20. The monoisotopic (exact) mass is 495 g/mol. The summed E-state index contributed by atoms with van der Waals surface area (Å²) < 4.78 is 10.7. The molecule has 0 bridgehead atoms. The molecule has 1 saturated heterocycles. The van der Waals surface area contributed by atoms with Gasteiger partial charge in [-0.15, -0.1) is 23.1 Å². The Kier molecular flexibility index (Phi) is 6.73. The molecule has 2 aliphatic rings. The zero-order valence-corrected chi connectivity index (χ0v) is 20.4. The number of thioether (sulfide) groups is 1. The van der Waals surface area contributed by atoms with Crippen molar-refractivity contribution in [3.8, 4) is 11.5 Å². The highest BCUT2D eigenvalue weighted by Gasteiger charge is 2.28. The van der Waals surface area contributed by atoms with Gasteiger partial charge in [0.15, 0.2) is 11.5 Å². The van der Waals surface area contributed by atoms with Crippen LogP contribution in [-0.2, 0) is 10.5 Å². The molecule has 0 unspecified atom stereocenters. The highest BCUT2D eigenvalue weighted by atomic mass is 32.2. The topological polar surface area (TPSA) is 80.8 Å². The van der Waals surface area contributed by atoms with Crippen LogP contribution in [-0.4, -0.2) is 41.6 Å². The Morgan fingerprint density at radius 1 is 1.12 bits per heavy atom. The number of thiazole rings is 1. The minimum atomic E-state index is -0.123. The Bertz CT molecular complexity index is 1190. The van der Waals surface area contributed by atoms with Gasteiger partial charge in [0.2, 0.25) is 12.7 Å². The maximum atomic E-state index is 13.0. The number of aryl methyl sites for hydroxylation is 1. The van der Waals surface area contributed by atoms with Crippen LogP contribution in [0.5, 0.6) is 11.5 Å². The molecule has 34 heavy (non-hydrogen) atoms. The number of aromatic nitrogens is 1. The first-order valence-corrected chi connectivity index (χ1v) is 13.1. The van der Waals surface area contributed by atoms with E-state index in [2.05, 4.69) is 15.7 Å². The number of piperidine rings is 1. The normalized spacial score (nSPS) is 15.4. The van der Waals surface area contributed by atoms with Crippen LogP contribution in [0.2, 0.25) is 0 Å². The molecule has 0 saturated carbocycles. The molecule has 0 aliphatic carbocycles. The summed E-state index contributed by atoms with van der Waals surface area (Å²) in [7, 11) is 0. The van der Waals surface area contributed by atoms with E-state index in [0.29, 0.717) is 48.7 Å². The van der Waals surface area contributed by atoms with Crippen LogP contribution < -0.4 is 14.8 Å². The molecule has 0 atom stereocenters. The van der Waals surface area contributed by atoms with Gasteiger partial charge in [0.05, 0.1) is 10.7 Å². The number of carbonyl (C=O) groups is 2. The van der Waals surface area contributed by atoms with Crippen molar-refractivity contribution >= 4 is 40.6 Å². The Hall–Kier alpha value is -3.04. The summed E-state index contributed by atoms with van der Waals surface area (Å²) in [5, 5.41) is 6.12. The second kappa shape index (κ2) is 10.1. The van der Waals surface area contributed by atoms with Gasteiger partial charge in [0.25, 0.3) is 5.91 Å². The summed E-state index contributed by atoms with van der Waals surface area (Å²) in [6, 6.07) is 13.1. The van der Waals surface area contributed by atoms with Gasteiger partial charge in [-0.1, -0.05) is 0 Å². The zero-order chi connectivity index (χ0) is 23.5. The third-order valence-electron chi connectivity index (χ3n) is 5.95. The Morgan fingerprint density at radius 3 is 2.62 bits per heavy atom. The molecule has 1 fully saturated rings. The zero-order valence-electron chi connectivity index (χ0n) is 18.8. The molecule has 1 aromatic heterocycles. The fourth-order valence-corrected chi connectivity index (χ4v) is 5.58. The summed E-state index contributed by atoms with van der Waals surface area (Å²) in [6.07, 6.45) is 1.28. The van der Waals surface area contributed by atoms with Gasteiger partial charge in [0, 0.05) is 52.4 Å². The fourth-order valence-electron chi connectivity index (χ4n) is 4.07. The number of anilines is 1.